The summed E-state index contributed by atoms with van der Waals surface area (Å²) in [5.74, 6) is 1.78. The Morgan fingerprint density at radius 3 is 2.69 bits per heavy atom. The molecular formula is C23H26N2O4. The highest BCUT2D eigenvalue weighted by Gasteiger charge is 2.48. The lowest BCUT2D eigenvalue weighted by molar-refractivity contribution is 0.0586. The van der Waals surface area contributed by atoms with Gasteiger partial charge < -0.3 is 14.2 Å². The lowest BCUT2D eigenvalue weighted by atomic mass is 9.68. The Morgan fingerprint density at radius 1 is 1.14 bits per heavy atom. The number of esters is 1. The van der Waals surface area contributed by atoms with Crippen LogP contribution in [-0.2, 0) is 10.2 Å². The van der Waals surface area contributed by atoms with Crippen LogP contribution in [0.2, 0.25) is 0 Å². The maximum Gasteiger partial charge on any atom is 0.361 e. The quantitative estimate of drug-likeness (QED) is 0.723. The number of aromatic nitrogens is 1. The molecule has 0 spiro atoms. The lowest BCUT2D eigenvalue weighted by Crippen LogP contribution is -2.42. The van der Waals surface area contributed by atoms with E-state index in [1.807, 2.05) is 6.07 Å². The van der Waals surface area contributed by atoms with Crippen LogP contribution in [0.25, 0.3) is 0 Å². The number of carbonyl (C=O) groups is 1. The molecule has 1 aromatic carbocycles. The second kappa shape index (κ2) is 7.87. The molecule has 152 valence electrons. The SMILES string of the molecule is COc1ccc([C@@]23CCC(OC(=O)c4ccccn4)=C[C@@H]2N(C)CC3)cc1OC. The van der Waals surface area contributed by atoms with Crippen LogP contribution >= 0.6 is 0 Å². The first kappa shape index (κ1) is 19.5. The number of carbonyl (C=O) groups excluding carboxylic acids is 1. The van der Waals surface area contributed by atoms with Crippen molar-refractivity contribution < 1.29 is 19.0 Å². The van der Waals surface area contributed by atoms with Gasteiger partial charge in [0.15, 0.2) is 11.5 Å². The fourth-order valence-electron chi connectivity index (χ4n) is 4.60. The second-order valence-corrected chi connectivity index (χ2v) is 7.64. The molecule has 0 saturated carbocycles. The van der Waals surface area contributed by atoms with Crippen molar-refractivity contribution in [3.8, 4) is 11.5 Å². The zero-order chi connectivity index (χ0) is 20.4. The van der Waals surface area contributed by atoms with E-state index in [9.17, 15) is 4.79 Å². The van der Waals surface area contributed by atoms with E-state index in [4.69, 9.17) is 14.2 Å². The number of rotatable bonds is 5. The maximum atomic E-state index is 12.4. The first-order valence-electron chi connectivity index (χ1n) is 9.84. The van der Waals surface area contributed by atoms with Gasteiger partial charge in [-0.3, -0.25) is 4.90 Å². The number of fused-ring (bicyclic) bond motifs is 1. The number of ether oxygens (including phenoxy) is 3. The molecule has 6 nitrogen and oxygen atoms in total. The van der Waals surface area contributed by atoms with Crippen molar-refractivity contribution in [2.75, 3.05) is 27.8 Å². The van der Waals surface area contributed by atoms with Crippen molar-refractivity contribution in [1.82, 2.24) is 9.88 Å². The molecule has 1 saturated heterocycles. The van der Waals surface area contributed by atoms with E-state index in [1.54, 1.807) is 38.6 Å². The second-order valence-electron chi connectivity index (χ2n) is 7.64. The molecule has 1 aliphatic carbocycles. The topological polar surface area (TPSA) is 60.9 Å². The fraction of sp³-hybridized carbons (Fsp3) is 0.391. The van der Waals surface area contributed by atoms with Gasteiger partial charge in [-0.15, -0.1) is 0 Å². The van der Waals surface area contributed by atoms with Crippen LogP contribution < -0.4 is 9.47 Å². The molecule has 2 heterocycles. The molecule has 0 N–H and O–H groups in total. The molecule has 0 radical (unpaired) electrons. The molecule has 6 heteroatoms. The van der Waals surface area contributed by atoms with E-state index in [0.717, 1.165) is 36.6 Å². The third-order valence-corrected chi connectivity index (χ3v) is 6.17. The van der Waals surface area contributed by atoms with Crippen molar-refractivity contribution in [3.05, 3.63) is 65.7 Å². The van der Waals surface area contributed by atoms with Crippen LogP contribution in [-0.4, -0.2) is 49.7 Å². The van der Waals surface area contributed by atoms with Crippen LogP contribution in [0.5, 0.6) is 11.5 Å². The van der Waals surface area contributed by atoms with Gasteiger partial charge >= 0.3 is 5.97 Å². The van der Waals surface area contributed by atoms with Crippen molar-refractivity contribution in [3.63, 3.8) is 0 Å². The summed E-state index contributed by atoms with van der Waals surface area (Å²) in [6.45, 7) is 0.983. The highest BCUT2D eigenvalue weighted by molar-refractivity contribution is 5.87. The Kier molecular flexibility index (Phi) is 5.28. The van der Waals surface area contributed by atoms with Gasteiger partial charge in [-0.1, -0.05) is 12.1 Å². The summed E-state index contributed by atoms with van der Waals surface area (Å²) in [6.07, 6.45) is 6.35. The molecule has 1 fully saturated rings. The van der Waals surface area contributed by atoms with E-state index in [0.29, 0.717) is 12.1 Å². The van der Waals surface area contributed by atoms with Crippen LogP contribution in [0.1, 0.15) is 35.3 Å². The molecule has 1 aliphatic heterocycles. The van der Waals surface area contributed by atoms with Crippen molar-refractivity contribution in [2.24, 2.45) is 0 Å². The standard InChI is InChI=1S/C23H26N2O4/c1-25-13-11-23(16-7-8-19(27-2)20(14-16)28-3)10-9-17(15-21(23)25)29-22(26)18-6-4-5-12-24-18/h4-8,12,14-15,21H,9-11,13H2,1-3H3/t21-,23-/m0/s1. The van der Waals surface area contributed by atoms with Gasteiger partial charge in [0.25, 0.3) is 0 Å². The third kappa shape index (κ3) is 3.49. The first-order chi connectivity index (χ1) is 14.1. The number of likely N-dealkylation sites (N-methyl/N-ethyl adjacent to an activating group) is 1. The number of likely N-dealkylation sites (tertiary alicyclic amines) is 1. The van der Waals surface area contributed by atoms with Gasteiger partial charge in [-0.2, -0.15) is 0 Å². The van der Waals surface area contributed by atoms with Crippen molar-refractivity contribution >= 4 is 5.97 Å². The predicted octanol–water partition coefficient (Wildman–Crippen LogP) is 3.58. The molecule has 2 aromatic rings. The van der Waals surface area contributed by atoms with Crippen LogP contribution in [0.3, 0.4) is 0 Å². The molecule has 29 heavy (non-hydrogen) atoms. The van der Waals surface area contributed by atoms with Gasteiger partial charge in [-0.25, -0.2) is 9.78 Å². The number of hydrogen-bond donors (Lipinski definition) is 0. The molecule has 4 rings (SSSR count). The van der Waals surface area contributed by atoms with E-state index in [-0.39, 0.29) is 11.5 Å². The summed E-state index contributed by atoms with van der Waals surface area (Å²) < 4.78 is 16.6. The monoisotopic (exact) mass is 394 g/mol. The highest BCUT2D eigenvalue weighted by atomic mass is 16.5. The molecule has 0 bridgehead atoms. The maximum absolute atomic E-state index is 12.4. The molecule has 0 amide bonds. The van der Waals surface area contributed by atoms with E-state index < -0.39 is 5.97 Å². The lowest BCUT2D eigenvalue weighted by Gasteiger charge is -2.40. The van der Waals surface area contributed by atoms with Gasteiger partial charge in [-0.05, 0) is 62.3 Å². The summed E-state index contributed by atoms with van der Waals surface area (Å²) in [5.41, 5.74) is 1.52. The van der Waals surface area contributed by atoms with Crippen LogP contribution in [0, 0.1) is 0 Å². The van der Waals surface area contributed by atoms with Gasteiger partial charge in [0.2, 0.25) is 0 Å². The summed E-state index contributed by atoms with van der Waals surface area (Å²) in [5, 5.41) is 0. The Morgan fingerprint density at radius 2 is 1.97 bits per heavy atom. The number of allylic oxidation sites excluding steroid dienone is 1. The predicted molar refractivity (Wildman–Crippen MR) is 109 cm³/mol. The average Bonchev–Trinajstić information content (AvgIpc) is 3.11. The van der Waals surface area contributed by atoms with E-state index >= 15 is 0 Å². The Balaban J connectivity index is 1.62. The highest BCUT2D eigenvalue weighted by Crippen LogP contribution is 2.49. The number of nitrogens with zero attached hydrogens (tertiary/aromatic N) is 2. The number of benzene rings is 1. The molecule has 0 unspecified atom stereocenters. The molecule has 1 aromatic heterocycles. The fourth-order valence-corrected chi connectivity index (χ4v) is 4.60. The van der Waals surface area contributed by atoms with Gasteiger partial charge in [0, 0.05) is 24.1 Å². The third-order valence-electron chi connectivity index (χ3n) is 6.17. The van der Waals surface area contributed by atoms with E-state index in [2.05, 4.69) is 35.1 Å². The zero-order valence-electron chi connectivity index (χ0n) is 17.1. The van der Waals surface area contributed by atoms with Crippen molar-refractivity contribution in [2.45, 2.75) is 30.7 Å². The largest absolute Gasteiger partial charge is 0.493 e. The summed E-state index contributed by atoms with van der Waals surface area (Å²) >= 11 is 0. The normalized spacial score (nSPS) is 23.8. The van der Waals surface area contributed by atoms with Gasteiger partial charge in [0.1, 0.15) is 11.5 Å². The number of hydrogen-bond acceptors (Lipinski definition) is 6. The van der Waals surface area contributed by atoms with Crippen molar-refractivity contribution in [1.29, 1.82) is 0 Å². The van der Waals surface area contributed by atoms with Crippen LogP contribution in [0.15, 0.2) is 54.4 Å². The van der Waals surface area contributed by atoms with Crippen LogP contribution in [0.4, 0.5) is 0 Å². The summed E-state index contributed by atoms with van der Waals surface area (Å²) in [7, 11) is 5.42. The average molecular weight is 394 g/mol. The minimum absolute atomic E-state index is 0.0325. The Hall–Kier alpha value is -2.86. The molecule has 2 atom stereocenters. The Bertz CT molecular complexity index is 928. The smallest absolute Gasteiger partial charge is 0.361 e. The Labute approximate surface area is 171 Å². The summed E-state index contributed by atoms with van der Waals surface area (Å²) in [4.78, 5) is 18.8. The minimum Gasteiger partial charge on any atom is -0.493 e. The number of pyridine rings is 1. The van der Waals surface area contributed by atoms with E-state index in [1.165, 1.54) is 5.56 Å². The minimum atomic E-state index is -0.406. The summed E-state index contributed by atoms with van der Waals surface area (Å²) in [6, 6.07) is 11.6. The zero-order valence-corrected chi connectivity index (χ0v) is 17.1. The molecule has 2 aliphatic rings. The van der Waals surface area contributed by atoms with Gasteiger partial charge in [0.05, 0.1) is 14.2 Å². The first-order valence-corrected chi connectivity index (χ1v) is 9.84. The molecular weight excluding hydrogens is 368 g/mol. The number of methoxy groups -OCH3 is 2.